The van der Waals surface area contributed by atoms with Gasteiger partial charge < -0.3 is 14.7 Å². The first-order valence-corrected chi connectivity index (χ1v) is 6.25. The van der Waals surface area contributed by atoms with Gasteiger partial charge in [-0.2, -0.15) is 0 Å². The molecule has 0 amide bonds. The zero-order valence-electron chi connectivity index (χ0n) is 11.7. The van der Waals surface area contributed by atoms with Gasteiger partial charge in [-0.3, -0.25) is 4.79 Å². The smallest absolute Gasteiger partial charge is 0.251 e. The Morgan fingerprint density at radius 3 is 2.74 bits per heavy atom. The van der Waals surface area contributed by atoms with Crippen molar-refractivity contribution in [2.45, 2.75) is 39.8 Å². The zero-order valence-corrected chi connectivity index (χ0v) is 11.7. The van der Waals surface area contributed by atoms with E-state index in [9.17, 15) is 4.79 Å². The summed E-state index contributed by atoms with van der Waals surface area (Å²) >= 11 is 0. The van der Waals surface area contributed by atoms with Gasteiger partial charge >= 0.3 is 0 Å². The fourth-order valence-electron chi connectivity index (χ4n) is 1.71. The summed E-state index contributed by atoms with van der Waals surface area (Å²) < 4.78 is 5.24. The van der Waals surface area contributed by atoms with Crippen LogP contribution in [-0.4, -0.2) is 15.5 Å². The molecule has 0 aliphatic rings. The number of aryl methyl sites for hydroxylation is 1. The SMILES string of the molecule is Cc1occc1-c1nc(CNC(C)(C)C)cc(=O)[nH]1. The fraction of sp³-hybridized carbons (Fsp3) is 0.429. The highest BCUT2D eigenvalue weighted by Gasteiger charge is 2.12. The van der Waals surface area contributed by atoms with Crippen molar-refractivity contribution in [1.29, 1.82) is 0 Å². The van der Waals surface area contributed by atoms with Gasteiger partial charge in [-0.1, -0.05) is 0 Å². The monoisotopic (exact) mass is 261 g/mol. The third-order valence-electron chi connectivity index (χ3n) is 2.71. The summed E-state index contributed by atoms with van der Waals surface area (Å²) in [4.78, 5) is 18.9. The molecule has 5 nitrogen and oxygen atoms in total. The summed E-state index contributed by atoms with van der Waals surface area (Å²) in [5.41, 5.74) is 1.36. The van der Waals surface area contributed by atoms with E-state index in [1.54, 1.807) is 12.3 Å². The number of furan rings is 1. The van der Waals surface area contributed by atoms with Crippen LogP contribution in [0, 0.1) is 6.92 Å². The number of hydrogen-bond acceptors (Lipinski definition) is 4. The molecule has 102 valence electrons. The molecule has 2 heterocycles. The van der Waals surface area contributed by atoms with E-state index in [2.05, 4.69) is 36.1 Å². The van der Waals surface area contributed by atoms with Crippen molar-refractivity contribution in [2.75, 3.05) is 0 Å². The Kier molecular flexibility index (Phi) is 3.57. The van der Waals surface area contributed by atoms with Gasteiger partial charge in [-0.15, -0.1) is 0 Å². The largest absolute Gasteiger partial charge is 0.469 e. The maximum Gasteiger partial charge on any atom is 0.251 e. The van der Waals surface area contributed by atoms with E-state index >= 15 is 0 Å². The van der Waals surface area contributed by atoms with Gasteiger partial charge in [-0.05, 0) is 33.8 Å². The molecule has 0 spiro atoms. The Balaban J connectivity index is 2.30. The normalized spacial score (nSPS) is 11.8. The van der Waals surface area contributed by atoms with Crippen molar-refractivity contribution < 1.29 is 4.42 Å². The fourth-order valence-corrected chi connectivity index (χ4v) is 1.71. The van der Waals surface area contributed by atoms with Gasteiger partial charge in [0.05, 0.1) is 17.5 Å². The van der Waals surface area contributed by atoms with Gasteiger partial charge in [-0.25, -0.2) is 4.98 Å². The van der Waals surface area contributed by atoms with E-state index in [4.69, 9.17) is 4.42 Å². The van der Waals surface area contributed by atoms with Crippen LogP contribution in [0.25, 0.3) is 11.4 Å². The van der Waals surface area contributed by atoms with Crippen molar-refractivity contribution in [3.63, 3.8) is 0 Å². The van der Waals surface area contributed by atoms with Crippen LogP contribution in [0.2, 0.25) is 0 Å². The van der Waals surface area contributed by atoms with Gasteiger partial charge in [0, 0.05) is 18.2 Å². The number of aromatic amines is 1. The third-order valence-corrected chi connectivity index (χ3v) is 2.71. The van der Waals surface area contributed by atoms with E-state index < -0.39 is 0 Å². The Labute approximate surface area is 112 Å². The molecule has 0 aliphatic carbocycles. The molecule has 0 aliphatic heterocycles. The summed E-state index contributed by atoms with van der Waals surface area (Å²) in [5, 5.41) is 3.31. The van der Waals surface area contributed by atoms with Crippen molar-refractivity contribution in [3.05, 3.63) is 40.2 Å². The average Bonchev–Trinajstić information content (AvgIpc) is 2.71. The molecular formula is C14H19N3O2. The van der Waals surface area contributed by atoms with E-state index in [1.165, 1.54) is 6.07 Å². The van der Waals surface area contributed by atoms with Crippen LogP contribution in [0.1, 0.15) is 32.2 Å². The van der Waals surface area contributed by atoms with Crippen LogP contribution < -0.4 is 10.9 Å². The topological polar surface area (TPSA) is 70.9 Å². The van der Waals surface area contributed by atoms with Crippen LogP contribution in [0.5, 0.6) is 0 Å². The van der Waals surface area contributed by atoms with Crippen molar-refractivity contribution in [2.24, 2.45) is 0 Å². The van der Waals surface area contributed by atoms with Crippen molar-refractivity contribution >= 4 is 0 Å². The Bertz CT molecular complexity index is 620. The van der Waals surface area contributed by atoms with Gasteiger partial charge in [0.2, 0.25) is 0 Å². The van der Waals surface area contributed by atoms with E-state index in [0.29, 0.717) is 18.1 Å². The lowest BCUT2D eigenvalue weighted by atomic mass is 10.1. The molecule has 0 atom stereocenters. The molecule has 2 aromatic heterocycles. The standard InChI is InChI=1S/C14H19N3O2/c1-9-11(5-6-19-9)13-16-10(7-12(18)17-13)8-15-14(2,3)4/h5-7,15H,8H2,1-4H3,(H,16,17,18). The predicted molar refractivity (Wildman–Crippen MR) is 73.9 cm³/mol. The van der Waals surface area contributed by atoms with E-state index in [0.717, 1.165) is 11.3 Å². The van der Waals surface area contributed by atoms with Crippen LogP contribution in [-0.2, 0) is 6.54 Å². The van der Waals surface area contributed by atoms with Crippen molar-refractivity contribution in [3.8, 4) is 11.4 Å². The third kappa shape index (κ3) is 3.54. The second-order valence-electron chi connectivity index (χ2n) is 5.58. The number of H-pyrrole nitrogens is 1. The molecule has 5 heteroatoms. The maximum atomic E-state index is 11.7. The molecule has 2 N–H and O–H groups in total. The molecule has 2 aromatic rings. The maximum absolute atomic E-state index is 11.7. The Morgan fingerprint density at radius 1 is 1.42 bits per heavy atom. The molecule has 0 saturated heterocycles. The van der Waals surface area contributed by atoms with Gasteiger partial charge in [0.25, 0.3) is 5.56 Å². The number of hydrogen-bond donors (Lipinski definition) is 2. The first-order valence-electron chi connectivity index (χ1n) is 6.25. The van der Waals surface area contributed by atoms with Crippen LogP contribution >= 0.6 is 0 Å². The molecule has 19 heavy (non-hydrogen) atoms. The molecule has 0 fully saturated rings. The highest BCUT2D eigenvalue weighted by atomic mass is 16.3. The average molecular weight is 261 g/mol. The summed E-state index contributed by atoms with van der Waals surface area (Å²) in [6, 6.07) is 3.31. The van der Waals surface area contributed by atoms with Crippen LogP contribution in [0.3, 0.4) is 0 Å². The van der Waals surface area contributed by atoms with Crippen molar-refractivity contribution in [1.82, 2.24) is 15.3 Å². The Hall–Kier alpha value is -1.88. The molecule has 0 unspecified atom stereocenters. The molecule has 0 radical (unpaired) electrons. The van der Waals surface area contributed by atoms with Gasteiger partial charge in [0.15, 0.2) is 0 Å². The van der Waals surface area contributed by atoms with E-state index in [-0.39, 0.29) is 11.1 Å². The lowest BCUT2D eigenvalue weighted by Gasteiger charge is -2.20. The predicted octanol–water partition coefficient (Wildman–Crippen LogP) is 2.23. The molecule has 0 bridgehead atoms. The summed E-state index contributed by atoms with van der Waals surface area (Å²) in [7, 11) is 0. The van der Waals surface area contributed by atoms with Crippen LogP contribution in [0.15, 0.2) is 27.6 Å². The number of nitrogens with one attached hydrogen (secondary N) is 2. The summed E-state index contributed by atoms with van der Waals surface area (Å²) in [6.45, 7) is 8.61. The molecule has 0 aromatic carbocycles. The quantitative estimate of drug-likeness (QED) is 0.888. The first kappa shape index (κ1) is 13.5. The number of nitrogens with zero attached hydrogens (tertiary/aromatic N) is 1. The zero-order chi connectivity index (χ0) is 14.0. The van der Waals surface area contributed by atoms with Gasteiger partial charge in [0.1, 0.15) is 11.6 Å². The molecular weight excluding hydrogens is 242 g/mol. The minimum Gasteiger partial charge on any atom is -0.469 e. The lowest BCUT2D eigenvalue weighted by molar-refractivity contribution is 0.421. The van der Waals surface area contributed by atoms with Crippen LogP contribution in [0.4, 0.5) is 0 Å². The lowest BCUT2D eigenvalue weighted by Crippen LogP contribution is -2.35. The summed E-state index contributed by atoms with van der Waals surface area (Å²) in [6.07, 6.45) is 1.59. The minimum atomic E-state index is -0.156. The second-order valence-corrected chi connectivity index (χ2v) is 5.58. The van der Waals surface area contributed by atoms with E-state index in [1.807, 2.05) is 6.92 Å². The highest BCUT2D eigenvalue weighted by Crippen LogP contribution is 2.19. The first-order chi connectivity index (χ1) is 8.85. The second kappa shape index (κ2) is 5.01. The minimum absolute atomic E-state index is 0.0179. The number of aromatic nitrogens is 2. The summed E-state index contributed by atoms with van der Waals surface area (Å²) in [5.74, 6) is 1.29. The molecule has 2 rings (SSSR count). The number of rotatable bonds is 3. The molecule has 0 saturated carbocycles. The highest BCUT2D eigenvalue weighted by molar-refractivity contribution is 5.56. The Morgan fingerprint density at radius 2 is 2.16 bits per heavy atom.